The Morgan fingerprint density at radius 1 is 1.00 bits per heavy atom. The van der Waals surface area contributed by atoms with E-state index in [0.29, 0.717) is 5.06 Å². The molecule has 1 saturated heterocycles. The number of nitrogens with one attached hydrogen (secondary N) is 1. The van der Waals surface area contributed by atoms with Gasteiger partial charge in [-0.2, -0.15) is 0 Å². The monoisotopic (exact) mass is 353 g/mol. The Kier molecular flexibility index (Phi) is 4.99. The van der Waals surface area contributed by atoms with Crippen molar-refractivity contribution >= 4 is 18.3 Å². The fourth-order valence-corrected chi connectivity index (χ4v) is 3.13. The van der Waals surface area contributed by atoms with Crippen molar-refractivity contribution in [1.29, 1.82) is 0 Å². The Labute approximate surface area is 150 Å². The minimum atomic E-state index is -1.41. The highest BCUT2D eigenvalue weighted by Gasteiger charge is 2.52. The van der Waals surface area contributed by atoms with Crippen LogP contribution in [-0.4, -0.2) is 45.6 Å². The third kappa shape index (κ3) is 3.57. The van der Waals surface area contributed by atoms with Crippen molar-refractivity contribution in [3.63, 3.8) is 0 Å². The van der Waals surface area contributed by atoms with Crippen LogP contribution >= 0.6 is 0 Å². The van der Waals surface area contributed by atoms with E-state index in [1.807, 2.05) is 60.7 Å². The van der Waals surface area contributed by atoms with Gasteiger partial charge < -0.3 is 5.32 Å². The quantitative estimate of drug-likeness (QED) is 0.342. The largest absolute Gasteiger partial charge is 0.325 e. The summed E-state index contributed by atoms with van der Waals surface area (Å²) in [5.74, 6) is -0.476. The highest BCUT2D eigenvalue weighted by Crippen LogP contribution is 2.25. The topological polar surface area (TPSA) is 90.0 Å². The second kappa shape index (κ2) is 7.37. The second-order valence-electron chi connectivity index (χ2n) is 6.25. The average molecular weight is 353 g/mol. The molecular formula is C19H19N3O4. The molecule has 134 valence electrons. The maximum absolute atomic E-state index is 13.1. The lowest BCUT2D eigenvalue weighted by Crippen LogP contribution is -2.56. The van der Waals surface area contributed by atoms with Crippen LogP contribution in [-0.2, 0) is 22.6 Å². The van der Waals surface area contributed by atoms with Gasteiger partial charge in [-0.25, -0.2) is 9.86 Å². The molecule has 7 nitrogen and oxygen atoms in total. The Bertz CT molecular complexity index is 797. The van der Waals surface area contributed by atoms with E-state index in [1.165, 1.54) is 0 Å². The number of rotatable bonds is 7. The second-order valence-corrected chi connectivity index (χ2v) is 6.25. The van der Waals surface area contributed by atoms with E-state index in [1.54, 1.807) is 0 Å². The average Bonchev–Trinajstić information content (AvgIpc) is 2.87. The van der Waals surface area contributed by atoms with Gasteiger partial charge in [0.05, 0.1) is 13.1 Å². The van der Waals surface area contributed by atoms with Crippen LogP contribution in [0.3, 0.4) is 0 Å². The van der Waals surface area contributed by atoms with Crippen LogP contribution in [0.4, 0.5) is 4.79 Å². The van der Waals surface area contributed by atoms with Crippen LogP contribution in [0.2, 0.25) is 0 Å². The van der Waals surface area contributed by atoms with Gasteiger partial charge in [0.25, 0.3) is 5.91 Å². The Balaban J connectivity index is 1.89. The summed E-state index contributed by atoms with van der Waals surface area (Å²) < 4.78 is 0. The van der Waals surface area contributed by atoms with E-state index in [4.69, 9.17) is 0 Å². The van der Waals surface area contributed by atoms with E-state index in [2.05, 4.69) is 5.32 Å². The molecule has 2 aromatic carbocycles. The summed E-state index contributed by atoms with van der Waals surface area (Å²) in [5.41, 5.74) is 0.202. The number of carbonyl (C=O) groups is 3. The molecule has 26 heavy (non-hydrogen) atoms. The molecule has 2 aromatic rings. The zero-order valence-corrected chi connectivity index (χ0v) is 14.0. The molecule has 1 atom stereocenters. The summed E-state index contributed by atoms with van der Waals surface area (Å²) in [6, 6.07) is 17.7. The summed E-state index contributed by atoms with van der Waals surface area (Å²) >= 11 is 0. The number of imide groups is 1. The highest BCUT2D eigenvalue weighted by molar-refractivity contribution is 6.07. The van der Waals surface area contributed by atoms with Gasteiger partial charge in [0.2, 0.25) is 6.41 Å². The van der Waals surface area contributed by atoms with Crippen molar-refractivity contribution in [3.05, 3.63) is 71.8 Å². The summed E-state index contributed by atoms with van der Waals surface area (Å²) in [5, 5.41) is 12.7. The predicted molar refractivity (Wildman–Crippen MR) is 93.0 cm³/mol. The van der Waals surface area contributed by atoms with Gasteiger partial charge in [0.1, 0.15) is 5.54 Å². The molecule has 2 N–H and O–H groups in total. The smallest absolute Gasteiger partial charge is 0.321 e. The number of urea groups is 1. The Hall–Kier alpha value is -3.19. The van der Waals surface area contributed by atoms with Crippen molar-refractivity contribution in [2.24, 2.45) is 0 Å². The normalized spacial score (nSPS) is 19.3. The summed E-state index contributed by atoms with van der Waals surface area (Å²) in [6.45, 7) is -0.212. The lowest BCUT2D eigenvalue weighted by Gasteiger charge is -2.28. The van der Waals surface area contributed by atoms with Crippen LogP contribution in [0.15, 0.2) is 60.7 Å². The Morgan fingerprint density at radius 3 is 2.15 bits per heavy atom. The number of hydrogen-bond donors (Lipinski definition) is 2. The molecular weight excluding hydrogens is 334 g/mol. The zero-order chi connectivity index (χ0) is 18.6. The van der Waals surface area contributed by atoms with Gasteiger partial charge in [0.15, 0.2) is 0 Å². The van der Waals surface area contributed by atoms with Crippen LogP contribution in [0.5, 0.6) is 0 Å². The van der Waals surface area contributed by atoms with Crippen molar-refractivity contribution in [2.75, 3.05) is 6.54 Å². The van der Waals surface area contributed by atoms with E-state index in [0.717, 1.165) is 16.0 Å². The number of hydrogen-bond acceptors (Lipinski definition) is 4. The fraction of sp³-hybridized carbons (Fsp3) is 0.211. The molecule has 4 amide bonds. The zero-order valence-electron chi connectivity index (χ0n) is 14.0. The van der Waals surface area contributed by atoms with Crippen LogP contribution < -0.4 is 5.32 Å². The van der Waals surface area contributed by atoms with Crippen molar-refractivity contribution < 1.29 is 19.6 Å². The molecule has 0 radical (unpaired) electrons. The van der Waals surface area contributed by atoms with Gasteiger partial charge in [-0.05, 0) is 11.1 Å². The molecule has 0 saturated carbocycles. The summed E-state index contributed by atoms with van der Waals surface area (Å²) in [6.07, 6.45) is 0.376. The molecule has 1 fully saturated rings. The lowest BCUT2D eigenvalue weighted by atomic mass is 9.90. The van der Waals surface area contributed by atoms with E-state index in [9.17, 15) is 19.6 Å². The van der Waals surface area contributed by atoms with Crippen molar-refractivity contribution in [1.82, 2.24) is 15.3 Å². The maximum Gasteiger partial charge on any atom is 0.325 e. The third-order valence-corrected chi connectivity index (χ3v) is 4.33. The molecule has 0 aromatic heterocycles. The maximum atomic E-state index is 13.1. The molecule has 1 heterocycles. The number of amides is 4. The fourth-order valence-electron chi connectivity index (χ4n) is 3.13. The first-order valence-corrected chi connectivity index (χ1v) is 8.17. The highest BCUT2D eigenvalue weighted by atomic mass is 16.5. The summed E-state index contributed by atoms with van der Waals surface area (Å²) in [7, 11) is 0. The number of nitrogens with zero attached hydrogens (tertiary/aromatic N) is 2. The Morgan fingerprint density at radius 2 is 1.58 bits per heavy atom. The summed E-state index contributed by atoms with van der Waals surface area (Å²) in [4.78, 5) is 37.6. The van der Waals surface area contributed by atoms with E-state index >= 15 is 0 Å². The SMILES string of the molecule is O=CN(O)C[C@]1(Cc2ccccc2)NC(=O)N(Cc2ccccc2)C1=O. The molecule has 0 aliphatic carbocycles. The molecule has 1 aliphatic heterocycles. The molecule has 0 spiro atoms. The van der Waals surface area contributed by atoms with E-state index in [-0.39, 0.29) is 25.9 Å². The first-order chi connectivity index (χ1) is 12.5. The van der Waals surface area contributed by atoms with Gasteiger partial charge in [-0.15, -0.1) is 0 Å². The van der Waals surface area contributed by atoms with Crippen LogP contribution in [0, 0.1) is 0 Å². The van der Waals surface area contributed by atoms with Gasteiger partial charge in [-0.3, -0.25) is 19.7 Å². The standard InChI is InChI=1S/C19H19N3O4/c23-14-21(26)13-19(11-15-7-3-1-4-8-15)17(24)22(18(25)20-19)12-16-9-5-2-6-10-16/h1-10,14,26H,11-13H2,(H,20,25)/t19-/m0/s1. The first kappa shape index (κ1) is 17.6. The molecule has 3 rings (SSSR count). The number of carbonyl (C=O) groups excluding carboxylic acids is 3. The van der Waals surface area contributed by atoms with Gasteiger partial charge in [0, 0.05) is 6.42 Å². The molecule has 0 unspecified atom stereocenters. The van der Waals surface area contributed by atoms with Crippen LogP contribution in [0.1, 0.15) is 11.1 Å². The van der Waals surface area contributed by atoms with Crippen molar-refractivity contribution in [2.45, 2.75) is 18.5 Å². The first-order valence-electron chi connectivity index (χ1n) is 8.17. The molecule has 0 bridgehead atoms. The molecule has 1 aliphatic rings. The van der Waals surface area contributed by atoms with Gasteiger partial charge >= 0.3 is 6.03 Å². The minimum Gasteiger partial charge on any atom is -0.321 e. The van der Waals surface area contributed by atoms with Crippen LogP contribution in [0.25, 0.3) is 0 Å². The third-order valence-electron chi connectivity index (χ3n) is 4.33. The molecule has 7 heteroatoms. The van der Waals surface area contributed by atoms with Gasteiger partial charge in [-0.1, -0.05) is 60.7 Å². The number of hydroxylamine groups is 2. The lowest BCUT2D eigenvalue weighted by molar-refractivity contribution is -0.156. The van der Waals surface area contributed by atoms with E-state index < -0.39 is 17.5 Å². The minimum absolute atomic E-state index is 0.120. The van der Waals surface area contributed by atoms with Crippen molar-refractivity contribution in [3.8, 4) is 0 Å². The predicted octanol–water partition coefficient (Wildman–Crippen LogP) is 1.57. The number of benzene rings is 2.